The summed E-state index contributed by atoms with van der Waals surface area (Å²) in [5.74, 6) is -2.08. The third-order valence-electron chi connectivity index (χ3n) is 5.09. The first-order valence-electron chi connectivity index (χ1n) is 10.0. The number of carbonyl (C=O) groups is 2. The number of rotatable bonds is 6. The molecular formula is C21H26ClN3O4S2. The number of nitrogens with zero attached hydrogens (tertiary/aromatic N) is 3. The van der Waals surface area contributed by atoms with Crippen LogP contribution in [0.3, 0.4) is 0 Å². The third-order valence-corrected chi connectivity index (χ3v) is 7.73. The summed E-state index contributed by atoms with van der Waals surface area (Å²) in [4.78, 5) is 30.9. The van der Waals surface area contributed by atoms with Crippen LogP contribution in [0.1, 0.15) is 20.3 Å². The van der Waals surface area contributed by atoms with E-state index in [0.717, 1.165) is 16.6 Å². The summed E-state index contributed by atoms with van der Waals surface area (Å²) in [7, 11) is -3.93. The van der Waals surface area contributed by atoms with E-state index in [1.54, 1.807) is 27.7 Å². The summed E-state index contributed by atoms with van der Waals surface area (Å²) in [6.07, 6.45) is 2.68. The van der Waals surface area contributed by atoms with Gasteiger partial charge in [0.05, 0.1) is 10.2 Å². The minimum absolute atomic E-state index is 0.328. The van der Waals surface area contributed by atoms with Crippen molar-refractivity contribution >= 4 is 54.8 Å². The van der Waals surface area contributed by atoms with Crippen LogP contribution in [0.15, 0.2) is 35.8 Å². The van der Waals surface area contributed by atoms with Crippen molar-refractivity contribution < 1.29 is 18.0 Å². The Hall–Kier alpha value is -1.97. The van der Waals surface area contributed by atoms with Crippen molar-refractivity contribution in [2.45, 2.75) is 26.8 Å². The van der Waals surface area contributed by atoms with Gasteiger partial charge in [0.15, 0.2) is 14.6 Å². The zero-order chi connectivity index (χ0) is 22.8. The first-order valence-corrected chi connectivity index (χ1v) is 13.0. The predicted molar refractivity (Wildman–Crippen MR) is 124 cm³/mol. The zero-order valence-electron chi connectivity index (χ0n) is 17.6. The number of sulfone groups is 1. The van der Waals surface area contributed by atoms with Crippen LogP contribution in [0.2, 0.25) is 5.02 Å². The predicted octanol–water partition coefficient (Wildman–Crippen LogP) is 2.89. The van der Waals surface area contributed by atoms with Gasteiger partial charge in [0, 0.05) is 24.7 Å². The Kier molecular flexibility index (Phi) is 7.39. The Balaban J connectivity index is 1.77. The van der Waals surface area contributed by atoms with Gasteiger partial charge in [-0.05, 0) is 36.5 Å². The molecule has 0 aliphatic carbocycles. The van der Waals surface area contributed by atoms with Gasteiger partial charge in [-0.15, -0.1) is 6.58 Å². The Morgan fingerprint density at radius 3 is 2.58 bits per heavy atom. The first kappa shape index (κ1) is 23.7. The first-order chi connectivity index (χ1) is 14.6. The van der Waals surface area contributed by atoms with Gasteiger partial charge >= 0.3 is 0 Å². The summed E-state index contributed by atoms with van der Waals surface area (Å²) in [6.45, 7) is 9.31. The van der Waals surface area contributed by atoms with Gasteiger partial charge in [0.2, 0.25) is 5.91 Å². The SMILES string of the molecule is C=CCn1c(=NC(=O)CS(=O)(=O)CC(=O)N2CC(C)CC(C)C2)sc2cc(Cl)ccc21. The number of likely N-dealkylation sites (tertiary alicyclic amines) is 1. The van der Waals surface area contributed by atoms with Crippen LogP contribution in [-0.4, -0.2) is 54.3 Å². The zero-order valence-corrected chi connectivity index (χ0v) is 20.0. The maximum Gasteiger partial charge on any atom is 0.263 e. The minimum atomic E-state index is -3.93. The number of piperidine rings is 1. The number of halogens is 1. The molecule has 1 aliphatic heterocycles. The second kappa shape index (κ2) is 9.67. The number of aromatic nitrogens is 1. The smallest absolute Gasteiger partial charge is 0.263 e. The Morgan fingerprint density at radius 2 is 1.94 bits per heavy atom. The molecule has 0 radical (unpaired) electrons. The molecule has 7 nitrogen and oxygen atoms in total. The Bertz CT molecular complexity index is 1170. The van der Waals surface area contributed by atoms with E-state index < -0.39 is 33.2 Å². The molecule has 2 amide bonds. The number of amides is 2. The van der Waals surface area contributed by atoms with Crippen LogP contribution in [0.4, 0.5) is 0 Å². The van der Waals surface area contributed by atoms with Crippen molar-refractivity contribution in [3.63, 3.8) is 0 Å². The van der Waals surface area contributed by atoms with Gasteiger partial charge in [-0.1, -0.05) is 42.9 Å². The van der Waals surface area contributed by atoms with E-state index >= 15 is 0 Å². The molecule has 3 rings (SSSR count). The lowest BCUT2D eigenvalue weighted by Gasteiger charge is -2.34. The van der Waals surface area contributed by atoms with Crippen molar-refractivity contribution in [3.8, 4) is 0 Å². The van der Waals surface area contributed by atoms with Crippen LogP contribution in [-0.2, 0) is 26.0 Å². The van der Waals surface area contributed by atoms with Crippen molar-refractivity contribution in [1.82, 2.24) is 9.47 Å². The topological polar surface area (TPSA) is 88.8 Å². The monoisotopic (exact) mass is 483 g/mol. The lowest BCUT2D eigenvalue weighted by atomic mass is 9.92. The Morgan fingerprint density at radius 1 is 1.26 bits per heavy atom. The quantitative estimate of drug-likeness (QED) is 0.591. The normalized spacial score (nSPS) is 20.2. The maximum atomic E-state index is 12.5. The summed E-state index contributed by atoms with van der Waals surface area (Å²) in [5.41, 5.74) is 0.826. The molecular weight excluding hydrogens is 458 g/mol. The molecule has 2 heterocycles. The van der Waals surface area contributed by atoms with Crippen LogP contribution in [0.5, 0.6) is 0 Å². The highest BCUT2D eigenvalue weighted by molar-refractivity contribution is 7.92. The van der Waals surface area contributed by atoms with Gasteiger partial charge in [-0.2, -0.15) is 4.99 Å². The van der Waals surface area contributed by atoms with Gasteiger partial charge in [-0.3, -0.25) is 9.59 Å². The molecule has 1 fully saturated rings. The lowest BCUT2D eigenvalue weighted by Crippen LogP contribution is -2.45. The number of thiazole rings is 1. The summed E-state index contributed by atoms with van der Waals surface area (Å²) in [5, 5.41) is 0.555. The second-order valence-electron chi connectivity index (χ2n) is 8.18. The van der Waals surface area contributed by atoms with Crippen LogP contribution in [0, 0.1) is 11.8 Å². The Labute approximate surface area is 191 Å². The van der Waals surface area contributed by atoms with Crippen LogP contribution in [0.25, 0.3) is 10.2 Å². The van der Waals surface area contributed by atoms with Gasteiger partial charge < -0.3 is 9.47 Å². The molecule has 168 valence electrons. The van der Waals surface area contributed by atoms with E-state index in [9.17, 15) is 18.0 Å². The molecule has 1 aliphatic rings. The maximum absolute atomic E-state index is 12.5. The number of allylic oxidation sites excluding steroid dienone is 1. The van der Waals surface area contributed by atoms with Crippen molar-refractivity contribution in [3.05, 3.63) is 40.7 Å². The van der Waals surface area contributed by atoms with E-state index in [2.05, 4.69) is 11.6 Å². The number of hydrogen-bond acceptors (Lipinski definition) is 5. The average molecular weight is 484 g/mol. The van der Waals surface area contributed by atoms with E-state index in [4.69, 9.17) is 11.6 Å². The summed E-state index contributed by atoms with van der Waals surface area (Å²) < 4.78 is 27.6. The lowest BCUT2D eigenvalue weighted by molar-refractivity contribution is -0.131. The van der Waals surface area contributed by atoms with Crippen LogP contribution < -0.4 is 4.80 Å². The average Bonchev–Trinajstić information content (AvgIpc) is 2.96. The number of fused-ring (bicyclic) bond motifs is 1. The second-order valence-corrected chi connectivity index (χ2v) is 11.7. The fourth-order valence-corrected chi connectivity index (χ4v) is 6.40. The van der Waals surface area contributed by atoms with Crippen molar-refractivity contribution in [2.75, 3.05) is 24.6 Å². The fraction of sp³-hybridized carbons (Fsp3) is 0.476. The van der Waals surface area contributed by atoms with Crippen LogP contribution >= 0.6 is 22.9 Å². The number of hydrogen-bond donors (Lipinski definition) is 0. The largest absolute Gasteiger partial charge is 0.341 e. The van der Waals surface area contributed by atoms with Gasteiger partial charge in [-0.25, -0.2) is 8.42 Å². The molecule has 0 saturated carbocycles. The summed E-state index contributed by atoms with van der Waals surface area (Å²) >= 11 is 7.29. The molecule has 0 N–H and O–H groups in total. The number of carbonyl (C=O) groups excluding carboxylic acids is 2. The highest BCUT2D eigenvalue weighted by atomic mass is 35.5. The van der Waals surface area contributed by atoms with E-state index in [-0.39, 0.29) is 0 Å². The highest BCUT2D eigenvalue weighted by Crippen LogP contribution is 2.22. The van der Waals surface area contributed by atoms with E-state index in [0.29, 0.717) is 41.3 Å². The fourth-order valence-electron chi connectivity index (χ4n) is 3.96. The molecule has 1 aromatic carbocycles. The van der Waals surface area contributed by atoms with Crippen molar-refractivity contribution in [2.24, 2.45) is 16.8 Å². The van der Waals surface area contributed by atoms with Crippen molar-refractivity contribution in [1.29, 1.82) is 0 Å². The molecule has 0 spiro atoms. The molecule has 2 atom stereocenters. The minimum Gasteiger partial charge on any atom is -0.341 e. The van der Waals surface area contributed by atoms with E-state index in [1.165, 1.54) is 11.3 Å². The molecule has 31 heavy (non-hydrogen) atoms. The highest BCUT2D eigenvalue weighted by Gasteiger charge is 2.29. The summed E-state index contributed by atoms with van der Waals surface area (Å²) in [6, 6.07) is 5.32. The molecule has 2 aromatic rings. The third kappa shape index (κ3) is 6.05. The number of benzene rings is 1. The molecule has 2 unspecified atom stereocenters. The molecule has 1 aromatic heterocycles. The molecule has 1 saturated heterocycles. The van der Waals surface area contributed by atoms with Gasteiger partial charge in [0.25, 0.3) is 5.91 Å². The molecule has 10 heteroatoms. The molecule has 0 bridgehead atoms. The van der Waals surface area contributed by atoms with E-state index in [1.807, 2.05) is 19.9 Å². The van der Waals surface area contributed by atoms with Gasteiger partial charge in [0.1, 0.15) is 11.5 Å². The standard InChI is InChI=1S/C21H26ClN3O4S2/c1-4-7-25-17-6-5-16(22)9-18(17)30-21(25)23-19(26)12-31(28,29)13-20(27)24-10-14(2)8-15(3)11-24/h4-6,9,14-15H,1,7-8,10-13H2,2-3H3.